The van der Waals surface area contributed by atoms with Gasteiger partial charge in [-0.15, -0.1) is 0 Å². The SMILES string of the molecule is CO[C@@H](/C=C(\C)C[C@@H](O)/C=C/I)[C@@H](C)[C@@H]1O[C@](OC)([C@H](C)C(=O)O)C[C@H](O[Si](C)(C)C(C)(C)C)[C@H]1C. The van der Waals surface area contributed by atoms with Crippen molar-refractivity contribution in [1.29, 1.82) is 0 Å². The molecule has 0 aliphatic carbocycles. The summed E-state index contributed by atoms with van der Waals surface area (Å²) in [6, 6.07) is 0. The molecular formula is C27H49IO7Si. The number of hydrogen-bond donors (Lipinski definition) is 2. The Morgan fingerprint density at radius 2 is 1.86 bits per heavy atom. The summed E-state index contributed by atoms with van der Waals surface area (Å²) in [7, 11) is 1.01. The molecule has 8 atom stereocenters. The Kier molecular flexibility index (Phi) is 12.8. The van der Waals surface area contributed by atoms with Gasteiger partial charge in [0.15, 0.2) is 14.1 Å². The van der Waals surface area contributed by atoms with Gasteiger partial charge in [0.05, 0.1) is 24.4 Å². The van der Waals surface area contributed by atoms with Crippen molar-refractivity contribution in [3.8, 4) is 0 Å². The van der Waals surface area contributed by atoms with Gasteiger partial charge in [0.25, 0.3) is 0 Å². The minimum Gasteiger partial charge on any atom is -0.481 e. The first-order chi connectivity index (χ1) is 16.5. The number of carboxylic acids is 1. The lowest BCUT2D eigenvalue weighted by molar-refractivity contribution is -0.326. The summed E-state index contributed by atoms with van der Waals surface area (Å²) in [5.41, 5.74) is 1.00. The molecule has 1 saturated heterocycles. The number of hydrogen-bond acceptors (Lipinski definition) is 6. The van der Waals surface area contributed by atoms with Crippen LogP contribution in [0.2, 0.25) is 18.1 Å². The number of aliphatic hydroxyl groups is 1. The Balaban J connectivity index is 3.43. The van der Waals surface area contributed by atoms with Gasteiger partial charge in [0.2, 0.25) is 0 Å². The van der Waals surface area contributed by atoms with Crippen LogP contribution in [-0.2, 0) is 23.4 Å². The van der Waals surface area contributed by atoms with Crippen LogP contribution >= 0.6 is 22.6 Å². The second-order valence-corrected chi connectivity index (χ2v) is 17.3. The molecule has 0 radical (unpaired) electrons. The fourth-order valence-electron chi connectivity index (χ4n) is 4.58. The molecular weight excluding hydrogens is 591 g/mol. The number of halogens is 1. The molecule has 7 nitrogen and oxygen atoms in total. The van der Waals surface area contributed by atoms with Gasteiger partial charge < -0.3 is 28.8 Å². The molecule has 0 spiro atoms. The van der Waals surface area contributed by atoms with Crippen LogP contribution in [0.4, 0.5) is 0 Å². The highest BCUT2D eigenvalue weighted by Crippen LogP contribution is 2.46. The van der Waals surface area contributed by atoms with Crippen molar-refractivity contribution in [3.05, 3.63) is 21.8 Å². The fraction of sp³-hybridized carbons (Fsp3) is 0.815. The minimum atomic E-state index is -2.16. The molecule has 0 amide bonds. The molecule has 36 heavy (non-hydrogen) atoms. The molecule has 0 bridgehead atoms. The maximum absolute atomic E-state index is 12.1. The molecule has 0 unspecified atom stereocenters. The van der Waals surface area contributed by atoms with Crippen molar-refractivity contribution in [3.63, 3.8) is 0 Å². The Hall–Kier alpha value is -0.303. The summed E-state index contributed by atoms with van der Waals surface area (Å²) in [6.45, 7) is 18.8. The molecule has 1 rings (SSSR count). The van der Waals surface area contributed by atoms with E-state index >= 15 is 0 Å². The van der Waals surface area contributed by atoms with Gasteiger partial charge in [-0.2, -0.15) is 0 Å². The van der Waals surface area contributed by atoms with E-state index < -0.39 is 32.1 Å². The van der Waals surface area contributed by atoms with Crippen molar-refractivity contribution >= 4 is 36.9 Å². The van der Waals surface area contributed by atoms with E-state index in [0.29, 0.717) is 12.8 Å². The van der Waals surface area contributed by atoms with Gasteiger partial charge in [-0.1, -0.05) is 68.9 Å². The van der Waals surface area contributed by atoms with E-state index in [1.165, 1.54) is 7.11 Å². The third kappa shape index (κ3) is 8.35. The van der Waals surface area contributed by atoms with Crippen LogP contribution in [0.1, 0.15) is 61.3 Å². The molecule has 0 aromatic rings. The number of methoxy groups -OCH3 is 2. The summed E-state index contributed by atoms with van der Waals surface area (Å²) in [5.74, 6) is -3.32. The first kappa shape index (κ1) is 33.7. The zero-order valence-electron chi connectivity index (χ0n) is 24.0. The van der Waals surface area contributed by atoms with Crippen molar-refractivity contribution < 1.29 is 33.6 Å². The summed E-state index contributed by atoms with van der Waals surface area (Å²) >= 11 is 2.09. The quantitative estimate of drug-likeness (QED) is 0.150. The number of carboxylic acid groups (broad SMARTS) is 1. The lowest BCUT2D eigenvalue weighted by atomic mass is 9.78. The summed E-state index contributed by atoms with van der Waals surface area (Å²) in [4.78, 5) is 12.1. The van der Waals surface area contributed by atoms with Gasteiger partial charge >= 0.3 is 5.97 Å². The van der Waals surface area contributed by atoms with E-state index in [9.17, 15) is 15.0 Å². The number of aliphatic hydroxyl groups excluding tert-OH is 1. The van der Waals surface area contributed by atoms with Crippen molar-refractivity contribution in [2.24, 2.45) is 17.8 Å². The smallest absolute Gasteiger partial charge is 0.311 e. The second-order valence-electron chi connectivity index (χ2n) is 11.8. The molecule has 210 valence electrons. The van der Waals surface area contributed by atoms with E-state index in [0.717, 1.165) is 5.57 Å². The summed E-state index contributed by atoms with van der Waals surface area (Å²) < 4.78 is 27.0. The molecule has 2 N–H and O–H groups in total. The molecule has 0 aromatic carbocycles. The fourth-order valence-corrected chi connectivity index (χ4v) is 6.47. The van der Waals surface area contributed by atoms with Gasteiger partial charge in [-0.25, -0.2) is 0 Å². The molecule has 0 aromatic heterocycles. The van der Waals surface area contributed by atoms with Crippen LogP contribution in [0, 0.1) is 17.8 Å². The Morgan fingerprint density at radius 3 is 2.31 bits per heavy atom. The highest BCUT2D eigenvalue weighted by molar-refractivity contribution is 14.1. The highest BCUT2D eigenvalue weighted by atomic mass is 127. The monoisotopic (exact) mass is 640 g/mol. The summed E-state index contributed by atoms with van der Waals surface area (Å²) in [5, 5.41) is 20.1. The first-order valence-corrected chi connectivity index (χ1v) is 16.9. The van der Waals surface area contributed by atoms with E-state index in [-0.39, 0.29) is 35.2 Å². The maximum atomic E-state index is 12.1. The zero-order chi connectivity index (χ0) is 28.1. The maximum Gasteiger partial charge on any atom is 0.311 e. The number of rotatable bonds is 12. The highest BCUT2D eigenvalue weighted by Gasteiger charge is 2.55. The normalized spacial score (nSPS) is 29.7. The molecule has 1 fully saturated rings. The third-order valence-electron chi connectivity index (χ3n) is 8.14. The van der Waals surface area contributed by atoms with Crippen LogP contribution in [0.15, 0.2) is 21.8 Å². The molecule has 9 heteroatoms. The van der Waals surface area contributed by atoms with Crippen LogP contribution in [-0.4, -0.2) is 68.9 Å². The zero-order valence-corrected chi connectivity index (χ0v) is 27.2. The Morgan fingerprint density at radius 1 is 1.28 bits per heavy atom. The van der Waals surface area contributed by atoms with Crippen molar-refractivity contribution in [1.82, 2.24) is 0 Å². The average molecular weight is 641 g/mol. The van der Waals surface area contributed by atoms with Gasteiger partial charge in [0.1, 0.15) is 5.92 Å². The Labute approximate surface area is 233 Å². The van der Waals surface area contributed by atoms with Gasteiger partial charge in [0, 0.05) is 32.5 Å². The summed E-state index contributed by atoms with van der Waals surface area (Å²) in [6.07, 6.45) is 3.16. The van der Waals surface area contributed by atoms with E-state index in [1.54, 1.807) is 24.2 Å². The van der Waals surface area contributed by atoms with E-state index in [2.05, 4.69) is 70.3 Å². The van der Waals surface area contributed by atoms with Crippen LogP contribution in [0.25, 0.3) is 0 Å². The molecule has 1 aliphatic heterocycles. The third-order valence-corrected chi connectivity index (χ3v) is 13.1. The lowest BCUT2D eigenvalue weighted by Gasteiger charge is -2.53. The second kappa shape index (κ2) is 13.7. The van der Waals surface area contributed by atoms with Crippen molar-refractivity contribution in [2.75, 3.05) is 14.2 Å². The van der Waals surface area contributed by atoms with Gasteiger partial charge in [-0.3, -0.25) is 4.79 Å². The standard InChI is InChI=1S/C27H49IO7Si/c1-17(14-21(29)12-13-28)15-22(32-8)18(2)24-19(3)23(35-36(10,11)26(5,6)7)16-27(33-9,34-24)20(4)25(30)31/h12-13,15,18-24,29H,14,16H2,1-11H3,(H,30,31)/b13-12+,17-15+/t18-,19-,20-,21+,22+,23+,24+,27+/m1/s1. The lowest BCUT2D eigenvalue weighted by Crippen LogP contribution is -2.61. The van der Waals surface area contributed by atoms with Crippen LogP contribution in [0.3, 0.4) is 0 Å². The number of aliphatic carboxylic acids is 1. The molecule has 0 saturated carbocycles. The van der Waals surface area contributed by atoms with Crippen LogP contribution < -0.4 is 0 Å². The predicted octanol–water partition coefficient (Wildman–Crippen LogP) is 6.16. The van der Waals surface area contributed by atoms with Crippen LogP contribution in [0.5, 0.6) is 0 Å². The van der Waals surface area contributed by atoms with Gasteiger partial charge in [-0.05, 0) is 48.6 Å². The number of carbonyl (C=O) groups is 1. The first-order valence-electron chi connectivity index (χ1n) is 12.7. The Bertz CT molecular complexity index is 779. The molecule has 1 aliphatic rings. The average Bonchev–Trinajstić information content (AvgIpc) is 2.77. The minimum absolute atomic E-state index is 0.00241. The predicted molar refractivity (Wildman–Crippen MR) is 155 cm³/mol. The molecule has 1 heterocycles. The van der Waals surface area contributed by atoms with E-state index in [1.807, 2.05) is 13.0 Å². The number of ether oxygens (including phenoxy) is 3. The van der Waals surface area contributed by atoms with Crippen molar-refractivity contribution in [2.45, 2.75) is 110 Å². The largest absolute Gasteiger partial charge is 0.481 e. The van der Waals surface area contributed by atoms with E-state index in [4.69, 9.17) is 18.6 Å². The topological polar surface area (TPSA) is 94.5 Å².